The minimum absolute atomic E-state index is 0.0945. The van der Waals surface area contributed by atoms with E-state index >= 15 is 0 Å². The number of amides is 2. The molecule has 0 unspecified atom stereocenters. The molecule has 0 aliphatic carbocycles. The first-order valence-electron chi connectivity index (χ1n) is 9.21. The molecule has 2 aliphatic rings. The molecule has 136 valence electrons. The van der Waals surface area contributed by atoms with Crippen LogP contribution in [0, 0.1) is 16.7 Å². The smallest absolute Gasteiger partial charge is 0.227 e. The molecule has 2 aliphatic heterocycles. The molecule has 2 aromatic rings. The highest BCUT2D eigenvalue weighted by Crippen LogP contribution is 2.42. The lowest BCUT2D eigenvalue weighted by atomic mass is 9.86. The second-order valence-electron chi connectivity index (χ2n) is 7.54. The van der Waals surface area contributed by atoms with Gasteiger partial charge in [0.25, 0.3) is 0 Å². The van der Waals surface area contributed by atoms with Crippen molar-refractivity contribution in [3.05, 3.63) is 65.7 Å². The van der Waals surface area contributed by atoms with Gasteiger partial charge in [-0.25, -0.2) is 0 Å². The quantitative estimate of drug-likeness (QED) is 0.846. The molecule has 2 heterocycles. The Kier molecular flexibility index (Phi) is 4.41. The number of nitriles is 1. The molecule has 2 aromatic carbocycles. The molecule has 2 saturated heterocycles. The molecule has 1 atom stereocenters. The maximum absolute atomic E-state index is 12.7. The second-order valence-corrected chi connectivity index (χ2v) is 7.54. The first kappa shape index (κ1) is 17.3. The molecule has 4 rings (SSSR count). The first-order chi connectivity index (χ1) is 13.1. The van der Waals surface area contributed by atoms with Crippen LogP contribution in [0.1, 0.15) is 24.0 Å². The number of likely N-dealkylation sites (tertiary alicyclic amines) is 1. The first-order valence-corrected chi connectivity index (χ1v) is 9.21. The molecular weight excluding hydrogens is 338 g/mol. The summed E-state index contributed by atoms with van der Waals surface area (Å²) in [5.74, 6) is 0.222. The number of carbonyl (C=O) groups excluding carboxylic acids is 2. The van der Waals surface area contributed by atoms with Gasteiger partial charge in [0.1, 0.15) is 0 Å². The Balaban J connectivity index is 1.43. The molecule has 0 radical (unpaired) electrons. The molecule has 0 N–H and O–H groups in total. The Morgan fingerprint density at radius 1 is 1.07 bits per heavy atom. The van der Waals surface area contributed by atoms with Crippen LogP contribution in [-0.4, -0.2) is 36.3 Å². The van der Waals surface area contributed by atoms with Crippen molar-refractivity contribution in [3.8, 4) is 6.07 Å². The van der Waals surface area contributed by atoms with Crippen LogP contribution in [0.4, 0.5) is 5.69 Å². The fourth-order valence-corrected chi connectivity index (χ4v) is 4.15. The summed E-state index contributed by atoms with van der Waals surface area (Å²) in [6.07, 6.45) is 1.73. The molecule has 2 amide bonds. The topological polar surface area (TPSA) is 64.4 Å². The van der Waals surface area contributed by atoms with E-state index in [9.17, 15) is 9.59 Å². The predicted molar refractivity (Wildman–Crippen MR) is 102 cm³/mol. The zero-order valence-electron chi connectivity index (χ0n) is 15.1. The Bertz CT molecular complexity index is 901. The third-order valence-corrected chi connectivity index (χ3v) is 5.62. The zero-order valence-corrected chi connectivity index (χ0v) is 15.1. The Labute approximate surface area is 158 Å². The predicted octanol–water partition coefficient (Wildman–Crippen LogP) is 2.76. The van der Waals surface area contributed by atoms with Crippen LogP contribution in [0.15, 0.2) is 54.6 Å². The van der Waals surface area contributed by atoms with Gasteiger partial charge in [0.05, 0.1) is 18.1 Å². The van der Waals surface area contributed by atoms with Crippen LogP contribution < -0.4 is 4.90 Å². The van der Waals surface area contributed by atoms with Crippen molar-refractivity contribution in [2.75, 3.05) is 24.5 Å². The van der Waals surface area contributed by atoms with Crippen LogP contribution in [0.2, 0.25) is 0 Å². The van der Waals surface area contributed by atoms with E-state index in [1.807, 2.05) is 47.4 Å². The number of nitrogens with zero attached hydrogens (tertiary/aromatic N) is 3. The molecule has 0 saturated carbocycles. The van der Waals surface area contributed by atoms with Crippen molar-refractivity contribution in [2.24, 2.45) is 5.41 Å². The molecule has 27 heavy (non-hydrogen) atoms. The van der Waals surface area contributed by atoms with Gasteiger partial charge >= 0.3 is 0 Å². The molecule has 5 nitrogen and oxygen atoms in total. The van der Waals surface area contributed by atoms with E-state index in [-0.39, 0.29) is 17.2 Å². The van der Waals surface area contributed by atoms with Crippen molar-refractivity contribution >= 4 is 17.5 Å². The van der Waals surface area contributed by atoms with Gasteiger partial charge in [-0.2, -0.15) is 5.26 Å². The summed E-state index contributed by atoms with van der Waals surface area (Å²) in [5, 5.41) is 8.93. The van der Waals surface area contributed by atoms with Gasteiger partial charge in [0.15, 0.2) is 0 Å². The fraction of sp³-hybridized carbons (Fsp3) is 0.318. The summed E-state index contributed by atoms with van der Waals surface area (Å²) in [6, 6.07) is 19.0. The lowest BCUT2D eigenvalue weighted by molar-refractivity contribution is -0.130. The average Bonchev–Trinajstić information content (AvgIpc) is 3.25. The SMILES string of the molecule is N#Cc1ccc(N2C[C@@]3(CCN(C(=O)Cc4ccccc4)C3)CC2=O)cc1. The third kappa shape index (κ3) is 3.43. The minimum atomic E-state index is -0.155. The van der Waals surface area contributed by atoms with Gasteiger partial charge in [0, 0.05) is 37.2 Å². The molecule has 5 heteroatoms. The maximum atomic E-state index is 12.7. The van der Waals surface area contributed by atoms with Gasteiger partial charge < -0.3 is 9.80 Å². The number of benzene rings is 2. The fourth-order valence-electron chi connectivity index (χ4n) is 4.15. The summed E-state index contributed by atoms with van der Waals surface area (Å²) in [5.41, 5.74) is 2.27. The van der Waals surface area contributed by atoms with E-state index < -0.39 is 0 Å². The molecule has 0 aromatic heterocycles. The van der Waals surface area contributed by atoms with Crippen LogP contribution in [0.25, 0.3) is 0 Å². The van der Waals surface area contributed by atoms with Crippen molar-refractivity contribution in [1.29, 1.82) is 5.26 Å². The highest BCUT2D eigenvalue weighted by Gasteiger charge is 2.48. The number of carbonyl (C=O) groups is 2. The highest BCUT2D eigenvalue weighted by atomic mass is 16.2. The minimum Gasteiger partial charge on any atom is -0.342 e. The van der Waals surface area contributed by atoms with E-state index in [2.05, 4.69) is 6.07 Å². The van der Waals surface area contributed by atoms with Crippen LogP contribution >= 0.6 is 0 Å². The van der Waals surface area contributed by atoms with Gasteiger partial charge in [-0.3, -0.25) is 9.59 Å². The van der Waals surface area contributed by atoms with Crippen LogP contribution in [0.3, 0.4) is 0 Å². The van der Waals surface area contributed by atoms with E-state index in [4.69, 9.17) is 5.26 Å². The lowest BCUT2D eigenvalue weighted by Gasteiger charge is -2.24. The number of hydrogen-bond donors (Lipinski definition) is 0. The Hall–Kier alpha value is -3.13. The molecule has 1 spiro atoms. The van der Waals surface area contributed by atoms with Gasteiger partial charge in [-0.15, -0.1) is 0 Å². The van der Waals surface area contributed by atoms with Gasteiger partial charge in [-0.05, 0) is 36.2 Å². The Morgan fingerprint density at radius 3 is 2.52 bits per heavy atom. The van der Waals surface area contributed by atoms with Crippen molar-refractivity contribution in [1.82, 2.24) is 4.90 Å². The summed E-state index contributed by atoms with van der Waals surface area (Å²) in [7, 11) is 0. The monoisotopic (exact) mass is 359 g/mol. The molecular formula is C22H21N3O2. The number of anilines is 1. The van der Waals surface area contributed by atoms with E-state index in [1.54, 1.807) is 17.0 Å². The highest BCUT2D eigenvalue weighted by molar-refractivity contribution is 5.96. The number of hydrogen-bond acceptors (Lipinski definition) is 3. The number of rotatable bonds is 3. The van der Waals surface area contributed by atoms with E-state index in [1.165, 1.54) is 0 Å². The zero-order chi connectivity index (χ0) is 18.9. The third-order valence-electron chi connectivity index (χ3n) is 5.62. The summed E-state index contributed by atoms with van der Waals surface area (Å²) >= 11 is 0. The Morgan fingerprint density at radius 2 is 1.81 bits per heavy atom. The van der Waals surface area contributed by atoms with Crippen molar-refractivity contribution < 1.29 is 9.59 Å². The summed E-state index contributed by atoms with van der Waals surface area (Å²) < 4.78 is 0. The largest absolute Gasteiger partial charge is 0.342 e. The van der Waals surface area contributed by atoms with E-state index in [0.29, 0.717) is 38.0 Å². The van der Waals surface area contributed by atoms with Crippen molar-refractivity contribution in [2.45, 2.75) is 19.3 Å². The van der Waals surface area contributed by atoms with Crippen molar-refractivity contribution in [3.63, 3.8) is 0 Å². The maximum Gasteiger partial charge on any atom is 0.227 e. The average molecular weight is 359 g/mol. The summed E-state index contributed by atoms with van der Waals surface area (Å²) in [4.78, 5) is 29.0. The van der Waals surface area contributed by atoms with Crippen LogP contribution in [-0.2, 0) is 16.0 Å². The van der Waals surface area contributed by atoms with Crippen LogP contribution in [0.5, 0.6) is 0 Å². The second kappa shape index (κ2) is 6.88. The lowest BCUT2D eigenvalue weighted by Crippen LogP contribution is -2.34. The van der Waals surface area contributed by atoms with Gasteiger partial charge in [0.2, 0.25) is 11.8 Å². The molecule has 2 fully saturated rings. The standard InChI is InChI=1S/C22H21N3O2/c23-14-18-6-8-19(9-7-18)25-16-22(13-21(25)27)10-11-24(15-22)20(26)12-17-4-2-1-3-5-17/h1-9H,10-13,15-16H2/t22-/m0/s1. The summed E-state index contributed by atoms with van der Waals surface area (Å²) in [6.45, 7) is 1.98. The van der Waals surface area contributed by atoms with Gasteiger partial charge in [-0.1, -0.05) is 30.3 Å². The molecule has 0 bridgehead atoms. The van der Waals surface area contributed by atoms with E-state index in [0.717, 1.165) is 17.7 Å². The normalized spacial score (nSPS) is 21.7.